The van der Waals surface area contributed by atoms with E-state index < -0.39 is 11.9 Å². The second kappa shape index (κ2) is 5.32. The Hall–Kier alpha value is -2.37. The van der Waals surface area contributed by atoms with Gasteiger partial charge in [-0.05, 0) is 19.4 Å². The molecule has 1 aliphatic rings. The van der Waals surface area contributed by atoms with Gasteiger partial charge in [0, 0.05) is 19.2 Å². The first kappa shape index (κ1) is 14.0. The topological polar surface area (TPSA) is 73.1 Å². The Bertz CT molecular complexity index is 664. The second-order valence-corrected chi connectivity index (χ2v) is 4.74. The molecular weight excluding hydrogens is 258 g/mol. The third-order valence-electron chi connectivity index (χ3n) is 3.54. The molecule has 0 spiro atoms. The number of imidazole rings is 1. The predicted molar refractivity (Wildman–Crippen MR) is 75.1 cm³/mol. The number of rotatable bonds is 3. The minimum Gasteiger partial charge on any atom is -0.299 e. The van der Waals surface area contributed by atoms with Crippen LogP contribution in [0, 0.1) is 6.92 Å². The van der Waals surface area contributed by atoms with Crippen molar-refractivity contribution in [3.05, 3.63) is 40.6 Å². The van der Waals surface area contributed by atoms with Gasteiger partial charge in [0.05, 0.1) is 5.69 Å². The molecule has 1 aliphatic heterocycles. The monoisotopic (exact) mass is 275 g/mol. The number of nitrogens with one attached hydrogen (secondary N) is 1. The number of aromatic nitrogens is 2. The van der Waals surface area contributed by atoms with Crippen molar-refractivity contribution in [2.45, 2.75) is 25.8 Å². The Kier molecular flexibility index (Phi) is 3.74. The minimum atomic E-state index is -0.649. The number of hydrogen-bond donors (Lipinski definition) is 1. The summed E-state index contributed by atoms with van der Waals surface area (Å²) in [7, 11) is 1.66. The van der Waals surface area contributed by atoms with Crippen molar-refractivity contribution < 1.29 is 9.59 Å². The first-order valence-electron chi connectivity index (χ1n) is 6.38. The molecule has 1 N–H and O–H groups in total. The third-order valence-corrected chi connectivity index (χ3v) is 3.54. The van der Waals surface area contributed by atoms with Crippen molar-refractivity contribution in [1.29, 1.82) is 0 Å². The fraction of sp³-hybridized carbons (Fsp3) is 0.357. The van der Waals surface area contributed by atoms with E-state index in [-0.39, 0.29) is 18.0 Å². The molecule has 2 amide bonds. The molecule has 0 saturated carbocycles. The molecule has 1 atom stereocenters. The van der Waals surface area contributed by atoms with Crippen molar-refractivity contribution >= 4 is 17.9 Å². The van der Waals surface area contributed by atoms with Crippen molar-refractivity contribution in [2.75, 3.05) is 0 Å². The molecule has 1 aromatic rings. The Balaban J connectivity index is 2.55. The van der Waals surface area contributed by atoms with Crippen LogP contribution >= 0.6 is 0 Å². The number of nitrogens with zero attached hydrogens (tertiary/aromatic N) is 2. The van der Waals surface area contributed by atoms with Crippen LogP contribution in [0.1, 0.15) is 30.3 Å². The summed E-state index contributed by atoms with van der Waals surface area (Å²) in [6, 6.07) is -0.649. The van der Waals surface area contributed by atoms with Crippen LogP contribution in [-0.4, -0.2) is 20.9 Å². The molecule has 1 unspecified atom stereocenters. The van der Waals surface area contributed by atoms with Crippen molar-refractivity contribution in [1.82, 2.24) is 14.5 Å². The van der Waals surface area contributed by atoms with Crippen molar-refractivity contribution in [3.63, 3.8) is 0 Å². The number of imide groups is 1. The summed E-state index contributed by atoms with van der Waals surface area (Å²) in [5.74, 6) is -0.725. The first-order valence-corrected chi connectivity index (χ1v) is 6.38. The van der Waals surface area contributed by atoms with E-state index in [0.29, 0.717) is 12.1 Å². The lowest BCUT2D eigenvalue weighted by Gasteiger charge is -2.22. The largest absolute Gasteiger partial charge is 0.329 e. The molecule has 0 aliphatic carbocycles. The van der Waals surface area contributed by atoms with E-state index in [1.807, 2.05) is 6.92 Å². The zero-order valence-electron chi connectivity index (χ0n) is 11.5. The van der Waals surface area contributed by atoms with Gasteiger partial charge >= 0.3 is 5.69 Å². The normalized spacial score (nSPS) is 19.4. The average molecular weight is 275 g/mol. The highest BCUT2D eigenvalue weighted by Crippen LogP contribution is 2.21. The number of carbonyl (C=O) groups is 2. The van der Waals surface area contributed by atoms with Gasteiger partial charge in [0.25, 0.3) is 0 Å². The summed E-state index contributed by atoms with van der Waals surface area (Å²) in [6.45, 7) is 5.41. The van der Waals surface area contributed by atoms with Gasteiger partial charge in [0.2, 0.25) is 11.8 Å². The molecule has 2 heterocycles. The van der Waals surface area contributed by atoms with Gasteiger partial charge in [0.15, 0.2) is 0 Å². The SMILES string of the molecule is C=C/C=C\c1c(C)n(C)c(=O)n1C1CCC(=O)NC1=O. The Labute approximate surface area is 116 Å². The van der Waals surface area contributed by atoms with Gasteiger partial charge in [-0.15, -0.1) is 0 Å². The van der Waals surface area contributed by atoms with Gasteiger partial charge in [-0.2, -0.15) is 0 Å². The van der Waals surface area contributed by atoms with Crippen LogP contribution < -0.4 is 11.0 Å². The quantitative estimate of drug-likeness (QED) is 0.651. The highest BCUT2D eigenvalue weighted by Gasteiger charge is 2.31. The molecule has 1 saturated heterocycles. The summed E-state index contributed by atoms with van der Waals surface area (Å²) in [5.41, 5.74) is 1.16. The maximum atomic E-state index is 12.3. The average Bonchev–Trinajstić information content (AvgIpc) is 2.61. The number of allylic oxidation sites excluding steroid dienone is 2. The summed E-state index contributed by atoms with van der Waals surface area (Å²) >= 11 is 0. The predicted octanol–water partition coefficient (Wildman–Crippen LogP) is 0.672. The van der Waals surface area contributed by atoms with Crippen LogP contribution in [0.4, 0.5) is 0 Å². The van der Waals surface area contributed by atoms with E-state index in [1.54, 1.807) is 25.3 Å². The molecule has 6 heteroatoms. The maximum Gasteiger partial charge on any atom is 0.329 e. The Morgan fingerprint density at radius 1 is 1.35 bits per heavy atom. The van der Waals surface area contributed by atoms with Crippen LogP contribution in [0.5, 0.6) is 0 Å². The number of hydrogen-bond acceptors (Lipinski definition) is 3. The van der Waals surface area contributed by atoms with Gasteiger partial charge < -0.3 is 0 Å². The zero-order valence-corrected chi connectivity index (χ0v) is 11.5. The summed E-state index contributed by atoms with van der Waals surface area (Å²) in [5, 5.41) is 2.28. The van der Waals surface area contributed by atoms with E-state index >= 15 is 0 Å². The van der Waals surface area contributed by atoms with Crippen molar-refractivity contribution in [2.24, 2.45) is 7.05 Å². The molecule has 1 fully saturated rings. The first-order chi connectivity index (χ1) is 9.47. The summed E-state index contributed by atoms with van der Waals surface area (Å²) in [6.07, 6.45) is 5.63. The number of amides is 2. The number of carbonyl (C=O) groups excluding carboxylic acids is 2. The minimum absolute atomic E-state index is 0.238. The van der Waals surface area contributed by atoms with E-state index in [2.05, 4.69) is 11.9 Å². The lowest BCUT2D eigenvalue weighted by atomic mass is 10.1. The van der Waals surface area contributed by atoms with Gasteiger partial charge in [-0.3, -0.25) is 24.0 Å². The standard InChI is InChI=1S/C14H17N3O3/c1-4-5-6-10-9(2)16(3)14(20)17(10)11-7-8-12(18)15-13(11)19/h4-6,11H,1,7-8H2,2-3H3,(H,15,18,19)/b6-5-. The van der Waals surface area contributed by atoms with Crippen LogP contribution in [0.2, 0.25) is 0 Å². The van der Waals surface area contributed by atoms with Crippen LogP contribution in [0.3, 0.4) is 0 Å². The van der Waals surface area contributed by atoms with Crippen LogP contribution in [0.25, 0.3) is 6.08 Å². The fourth-order valence-electron chi connectivity index (χ4n) is 2.34. The molecule has 0 bridgehead atoms. The molecular formula is C14H17N3O3. The molecule has 6 nitrogen and oxygen atoms in total. The van der Waals surface area contributed by atoms with E-state index in [4.69, 9.17) is 0 Å². The van der Waals surface area contributed by atoms with Crippen LogP contribution in [0.15, 0.2) is 23.5 Å². The summed E-state index contributed by atoms with van der Waals surface area (Å²) < 4.78 is 2.93. The molecule has 1 aromatic heterocycles. The van der Waals surface area contributed by atoms with Gasteiger partial charge in [-0.1, -0.05) is 18.7 Å². The fourth-order valence-corrected chi connectivity index (χ4v) is 2.34. The van der Waals surface area contributed by atoms with Crippen molar-refractivity contribution in [3.8, 4) is 0 Å². The van der Waals surface area contributed by atoms with E-state index in [0.717, 1.165) is 5.69 Å². The van der Waals surface area contributed by atoms with E-state index in [1.165, 1.54) is 9.13 Å². The lowest BCUT2D eigenvalue weighted by Crippen LogP contribution is -2.44. The zero-order chi connectivity index (χ0) is 14.9. The van der Waals surface area contributed by atoms with E-state index in [9.17, 15) is 14.4 Å². The molecule has 2 rings (SSSR count). The molecule has 0 radical (unpaired) electrons. The lowest BCUT2D eigenvalue weighted by molar-refractivity contribution is -0.135. The highest BCUT2D eigenvalue weighted by molar-refractivity contribution is 5.99. The Morgan fingerprint density at radius 3 is 2.65 bits per heavy atom. The highest BCUT2D eigenvalue weighted by atomic mass is 16.2. The molecule has 20 heavy (non-hydrogen) atoms. The third kappa shape index (κ3) is 2.24. The number of piperidine rings is 1. The maximum absolute atomic E-state index is 12.3. The molecule has 0 aromatic carbocycles. The summed E-state index contributed by atoms with van der Waals surface area (Å²) in [4.78, 5) is 35.5. The second-order valence-electron chi connectivity index (χ2n) is 4.74. The Morgan fingerprint density at radius 2 is 2.05 bits per heavy atom. The smallest absolute Gasteiger partial charge is 0.299 e. The molecule has 106 valence electrons. The van der Waals surface area contributed by atoms with Crippen LogP contribution in [-0.2, 0) is 16.6 Å². The van der Waals surface area contributed by atoms with Gasteiger partial charge in [0.1, 0.15) is 6.04 Å². The van der Waals surface area contributed by atoms with Gasteiger partial charge in [-0.25, -0.2) is 4.79 Å².